The minimum atomic E-state index is -0.467. The molecule has 1 aliphatic rings. The Labute approximate surface area is 153 Å². The second-order valence-electron chi connectivity index (χ2n) is 5.57. The number of nitrogens with one attached hydrogen (secondary N) is 2. The van der Waals surface area contributed by atoms with E-state index in [1.807, 2.05) is 0 Å². The van der Waals surface area contributed by atoms with Crippen LogP contribution in [0.5, 0.6) is 11.5 Å². The van der Waals surface area contributed by atoms with E-state index < -0.39 is 11.8 Å². The summed E-state index contributed by atoms with van der Waals surface area (Å²) < 4.78 is 12.3. The van der Waals surface area contributed by atoms with Crippen molar-refractivity contribution < 1.29 is 19.1 Å². The number of ether oxygens (including phenoxy) is 2. The Morgan fingerprint density at radius 2 is 1.56 bits per heavy atom. The molecular formula is C17H14N6O4. The van der Waals surface area contributed by atoms with Gasteiger partial charge in [-0.1, -0.05) is 0 Å². The second-order valence-corrected chi connectivity index (χ2v) is 5.57. The van der Waals surface area contributed by atoms with Crippen LogP contribution in [0.15, 0.2) is 48.8 Å². The van der Waals surface area contributed by atoms with Crippen LogP contribution in [-0.2, 0) is 0 Å². The van der Waals surface area contributed by atoms with Crippen LogP contribution in [0, 0.1) is 0 Å². The minimum absolute atomic E-state index is 0.341. The van der Waals surface area contributed by atoms with Gasteiger partial charge in [-0.05, 0) is 52.9 Å². The van der Waals surface area contributed by atoms with Gasteiger partial charge in [0.1, 0.15) is 19.5 Å². The lowest BCUT2D eigenvalue weighted by atomic mass is 10.2. The number of amides is 2. The van der Waals surface area contributed by atoms with Crippen LogP contribution in [0.4, 0.5) is 0 Å². The first-order chi connectivity index (χ1) is 13.2. The van der Waals surface area contributed by atoms with Gasteiger partial charge in [0.2, 0.25) is 0 Å². The third-order valence-electron chi connectivity index (χ3n) is 3.84. The lowest BCUT2D eigenvalue weighted by Crippen LogP contribution is -2.41. The van der Waals surface area contributed by atoms with E-state index in [1.54, 1.807) is 42.5 Å². The molecule has 10 nitrogen and oxygen atoms in total. The van der Waals surface area contributed by atoms with Gasteiger partial charge < -0.3 is 9.47 Å². The van der Waals surface area contributed by atoms with Crippen LogP contribution in [0.3, 0.4) is 0 Å². The molecule has 0 fully saturated rings. The largest absolute Gasteiger partial charge is 0.486 e. The summed E-state index contributed by atoms with van der Waals surface area (Å²) >= 11 is 0. The summed E-state index contributed by atoms with van der Waals surface area (Å²) in [5.74, 6) is 0.165. The second kappa shape index (κ2) is 7.12. The van der Waals surface area contributed by atoms with Crippen molar-refractivity contribution >= 4 is 11.8 Å². The molecule has 2 heterocycles. The van der Waals surface area contributed by atoms with Gasteiger partial charge in [0, 0.05) is 11.1 Å². The fourth-order valence-corrected chi connectivity index (χ4v) is 2.49. The van der Waals surface area contributed by atoms with Crippen LogP contribution in [0.25, 0.3) is 5.69 Å². The predicted octanol–water partition coefficient (Wildman–Crippen LogP) is 0.508. The van der Waals surface area contributed by atoms with Crippen LogP contribution in [0.1, 0.15) is 20.7 Å². The molecule has 0 bridgehead atoms. The molecule has 0 aliphatic carbocycles. The fraction of sp³-hybridized carbons (Fsp3) is 0.118. The van der Waals surface area contributed by atoms with E-state index in [1.165, 1.54) is 11.0 Å². The van der Waals surface area contributed by atoms with Crippen LogP contribution < -0.4 is 20.3 Å². The number of fused-ring (bicyclic) bond motifs is 1. The molecule has 0 atom stereocenters. The van der Waals surface area contributed by atoms with E-state index in [-0.39, 0.29) is 0 Å². The van der Waals surface area contributed by atoms with Crippen molar-refractivity contribution in [2.24, 2.45) is 0 Å². The Bertz CT molecular complexity index is 972. The maximum absolute atomic E-state index is 12.2. The van der Waals surface area contributed by atoms with Gasteiger partial charge in [0.15, 0.2) is 11.5 Å². The monoisotopic (exact) mass is 366 g/mol. The number of carbonyl (C=O) groups is 2. The highest BCUT2D eigenvalue weighted by atomic mass is 16.6. The van der Waals surface area contributed by atoms with Crippen LogP contribution >= 0.6 is 0 Å². The molecular weight excluding hydrogens is 352 g/mol. The first-order valence-electron chi connectivity index (χ1n) is 8.04. The molecule has 2 aromatic carbocycles. The summed E-state index contributed by atoms with van der Waals surface area (Å²) in [5, 5.41) is 10.9. The zero-order chi connectivity index (χ0) is 18.6. The number of rotatable bonds is 3. The Hall–Kier alpha value is -3.95. The lowest BCUT2D eigenvalue weighted by Gasteiger charge is -2.18. The van der Waals surface area contributed by atoms with Crippen LogP contribution in [0.2, 0.25) is 0 Å². The molecule has 0 radical (unpaired) electrons. The average Bonchev–Trinajstić information content (AvgIpc) is 3.26. The van der Waals surface area contributed by atoms with Gasteiger partial charge >= 0.3 is 0 Å². The molecule has 0 spiro atoms. The molecule has 2 N–H and O–H groups in total. The van der Waals surface area contributed by atoms with Crippen molar-refractivity contribution in [1.29, 1.82) is 0 Å². The number of tetrazole rings is 1. The molecule has 27 heavy (non-hydrogen) atoms. The van der Waals surface area contributed by atoms with E-state index in [0.29, 0.717) is 41.5 Å². The van der Waals surface area contributed by atoms with Gasteiger partial charge in [-0.25, -0.2) is 4.68 Å². The Kier molecular flexibility index (Phi) is 4.35. The first kappa shape index (κ1) is 16.5. The standard InChI is InChI=1S/C17H14N6O4/c24-16(11-1-4-13(5-2-11)23-10-18-21-22-23)19-20-17(25)12-3-6-14-15(9-12)27-8-7-26-14/h1-6,9-10H,7-8H2,(H,19,24)(H,20,25). The normalized spacial score (nSPS) is 12.3. The summed E-state index contributed by atoms with van der Waals surface area (Å²) in [6.07, 6.45) is 1.45. The summed E-state index contributed by atoms with van der Waals surface area (Å²) in [5.41, 5.74) is 6.16. The third-order valence-corrected chi connectivity index (χ3v) is 3.84. The van der Waals surface area contributed by atoms with Crippen molar-refractivity contribution in [1.82, 2.24) is 31.1 Å². The van der Waals surface area contributed by atoms with Gasteiger partial charge in [0.05, 0.1) is 5.69 Å². The molecule has 0 saturated carbocycles. The minimum Gasteiger partial charge on any atom is -0.486 e. The van der Waals surface area contributed by atoms with E-state index in [2.05, 4.69) is 26.4 Å². The molecule has 0 unspecified atom stereocenters. The van der Waals surface area contributed by atoms with E-state index >= 15 is 0 Å². The quantitative estimate of drug-likeness (QED) is 0.648. The maximum Gasteiger partial charge on any atom is 0.269 e. The third kappa shape index (κ3) is 3.54. The van der Waals surface area contributed by atoms with Crippen molar-refractivity contribution in [3.05, 3.63) is 59.9 Å². The number of hydrogen-bond donors (Lipinski definition) is 2. The number of hydrogen-bond acceptors (Lipinski definition) is 7. The number of nitrogens with zero attached hydrogens (tertiary/aromatic N) is 4. The predicted molar refractivity (Wildman–Crippen MR) is 91.5 cm³/mol. The Morgan fingerprint density at radius 3 is 2.26 bits per heavy atom. The lowest BCUT2D eigenvalue weighted by molar-refractivity contribution is 0.0846. The molecule has 1 aliphatic heterocycles. The number of aromatic nitrogens is 4. The van der Waals surface area contributed by atoms with E-state index in [9.17, 15) is 9.59 Å². The number of benzene rings is 2. The zero-order valence-electron chi connectivity index (χ0n) is 14.0. The Morgan fingerprint density at radius 1 is 0.889 bits per heavy atom. The summed E-state index contributed by atoms with van der Waals surface area (Å²) in [4.78, 5) is 24.4. The Balaban J connectivity index is 1.38. The number of hydrazine groups is 1. The SMILES string of the molecule is O=C(NNC(=O)c1ccc2c(c1)OCCO2)c1ccc(-n2cnnn2)cc1. The highest BCUT2D eigenvalue weighted by molar-refractivity contribution is 5.99. The summed E-state index contributed by atoms with van der Waals surface area (Å²) in [6, 6.07) is 11.4. The highest BCUT2D eigenvalue weighted by Crippen LogP contribution is 2.30. The summed E-state index contributed by atoms with van der Waals surface area (Å²) in [6.45, 7) is 0.899. The molecule has 1 aromatic heterocycles. The van der Waals surface area contributed by atoms with Gasteiger partial charge in [-0.3, -0.25) is 20.4 Å². The van der Waals surface area contributed by atoms with Crippen molar-refractivity contribution in [2.45, 2.75) is 0 Å². The number of carbonyl (C=O) groups excluding carboxylic acids is 2. The molecule has 3 aromatic rings. The van der Waals surface area contributed by atoms with Crippen LogP contribution in [-0.4, -0.2) is 45.2 Å². The topological polar surface area (TPSA) is 120 Å². The van der Waals surface area contributed by atoms with Gasteiger partial charge in [0.25, 0.3) is 11.8 Å². The molecule has 2 amide bonds. The molecule has 4 rings (SSSR count). The molecule has 136 valence electrons. The fourth-order valence-electron chi connectivity index (χ4n) is 2.49. The first-order valence-corrected chi connectivity index (χ1v) is 8.04. The van der Waals surface area contributed by atoms with E-state index in [4.69, 9.17) is 9.47 Å². The average molecular weight is 366 g/mol. The van der Waals surface area contributed by atoms with E-state index in [0.717, 1.165) is 0 Å². The van der Waals surface area contributed by atoms with Gasteiger partial charge in [-0.2, -0.15) is 0 Å². The maximum atomic E-state index is 12.2. The summed E-state index contributed by atoms with van der Waals surface area (Å²) in [7, 11) is 0. The molecule has 0 saturated heterocycles. The zero-order valence-corrected chi connectivity index (χ0v) is 14.0. The smallest absolute Gasteiger partial charge is 0.269 e. The molecule has 10 heteroatoms. The van der Waals surface area contributed by atoms with Crippen molar-refractivity contribution in [2.75, 3.05) is 13.2 Å². The highest BCUT2D eigenvalue weighted by Gasteiger charge is 2.15. The van der Waals surface area contributed by atoms with Crippen molar-refractivity contribution in [3.8, 4) is 17.2 Å². The van der Waals surface area contributed by atoms with Gasteiger partial charge in [-0.15, -0.1) is 5.10 Å². The van der Waals surface area contributed by atoms with Crippen molar-refractivity contribution in [3.63, 3.8) is 0 Å².